The first-order chi connectivity index (χ1) is 6.32. The molecule has 1 atom stereocenters. The Labute approximate surface area is 88.3 Å². The van der Waals surface area contributed by atoms with Crippen LogP contribution in [0, 0.1) is 5.41 Å². The van der Waals surface area contributed by atoms with Gasteiger partial charge in [-0.05, 0) is 5.41 Å². The van der Waals surface area contributed by atoms with E-state index in [1.807, 2.05) is 0 Å². The average molecular weight is 212 g/mol. The second-order valence-electron chi connectivity index (χ2n) is 4.52. The fourth-order valence-corrected chi connectivity index (χ4v) is 2.08. The lowest BCUT2D eigenvalue weighted by atomic mass is 9.82. The zero-order valence-corrected chi connectivity index (χ0v) is 9.81. The molecule has 1 amide bonds. The normalized spacial score (nSPS) is 14.0. The lowest BCUT2D eigenvalue weighted by molar-refractivity contribution is 0.0996. The molecule has 0 aromatic carbocycles. The van der Waals surface area contributed by atoms with Crippen molar-refractivity contribution < 1.29 is 4.79 Å². The summed E-state index contributed by atoms with van der Waals surface area (Å²) in [5, 5.41) is 2.70. The Bertz CT molecular complexity index is 338. The Morgan fingerprint density at radius 3 is 2.50 bits per heavy atom. The van der Waals surface area contributed by atoms with Gasteiger partial charge in [0.2, 0.25) is 0 Å². The fourth-order valence-electron chi connectivity index (χ4n) is 0.970. The molecule has 0 saturated carbocycles. The van der Waals surface area contributed by atoms with E-state index < -0.39 is 5.91 Å². The third-order valence-corrected chi connectivity index (χ3v) is 3.47. The van der Waals surface area contributed by atoms with E-state index in [-0.39, 0.29) is 5.41 Å². The van der Waals surface area contributed by atoms with Crippen LogP contribution in [0.25, 0.3) is 0 Å². The van der Waals surface area contributed by atoms with Crippen molar-refractivity contribution in [3.63, 3.8) is 0 Å². The van der Waals surface area contributed by atoms with E-state index in [9.17, 15) is 4.79 Å². The predicted molar refractivity (Wildman–Crippen MR) is 58.5 cm³/mol. The summed E-state index contributed by atoms with van der Waals surface area (Å²) in [5.41, 5.74) is 5.68. The van der Waals surface area contributed by atoms with Crippen molar-refractivity contribution in [2.45, 2.75) is 33.6 Å². The molecular weight excluding hydrogens is 196 g/mol. The van der Waals surface area contributed by atoms with E-state index >= 15 is 0 Å². The van der Waals surface area contributed by atoms with Crippen molar-refractivity contribution in [2.75, 3.05) is 0 Å². The number of thiazole rings is 1. The number of nitrogens with two attached hydrogens (primary N) is 1. The van der Waals surface area contributed by atoms with Gasteiger partial charge in [-0.25, -0.2) is 4.98 Å². The zero-order valence-electron chi connectivity index (χ0n) is 9.00. The van der Waals surface area contributed by atoms with E-state index in [0.29, 0.717) is 11.6 Å². The fraction of sp³-hybridized carbons (Fsp3) is 0.600. The minimum absolute atomic E-state index is 0.159. The number of rotatable bonds is 2. The van der Waals surface area contributed by atoms with Crippen molar-refractivity contribution in [2.24, 2.45) is 11.1 Å². The maximum Gasteiger partial charge on any atom is 0.268 e. The summed E-state index contributed by atoms with van der Waals surface area (Å²) in [6.45, 7) is 8.58. The summed E-state index contributed by atoms with van der Waals surface area (Å²) in [6, 6.07) is 0. The number of carbonyl (C=O) groups is 1. The minimum atomic E-state index is -0.450. The number of hydrogen-bond acceptors (Lipinski definition) is 3. The maximum absolute atomic E-state index is 10.9. The van der Waals surface area contributed by atoms with E-state index in [2.05, 4.69) is 32.7 Å². The monoisotopic (exact) mass is 212 g/mol. The highest BCUT2D eigenvalue weighted by Crippen LogP contribution is 2.35. The van der Waals surface area contributed by atoms with Crippen LogP contribution in [-0.2, 0) is 0 Å². The third kappa shape index (κ3) is 2.32. The molecule has 0 spiro atoms. The predicted octanol–water partition coefficient (Wildman–Crippen LogP) is 2.39. The van der Waals surface area contributed by atoms with E-state index in [1.165, 1.54) is 11.3 Å². The molecular formula is C10H16N2OS. The van der Waals surface area contributed by atoms with Gasteiger partial charge in [0.05, 0.1) is 5.01 Å². The molecule has 0 saturated heterocycles. The van der Waals surface area contributed by atoms with Crippen LogP contribution in [0.4, 0.5) is 0 Å². The molecule has 0 aliphatic rings. The van der Waals surface area contributed by atoms with Gasteiger partial charge in [0.15, 0.2) is 0 Å². The number of hydrogen-bond donors (Lipinski definition) is 1. The molecule has 2 N–H and O–H groups in total. The summed E-state index contributed by atoms with van der Waals surface area (Å²) < 4.78 is 0. The van der Waals surface area contributed by atoms with Gasteiger partial charge in [-0.3, -0.25) is 4.79 Å². The van der Waals surface area contributed by atoms with Crippen LogP contribution < -0.4 is 5.73 Å². The van der Waals surface area contributed by atoms with Gasteiger partial charge >= 0.3 is 0 Å². The Morgan fingerprint density at radius 1 is 1.57 bits per heavy atom. The average Bonchev–Trinajstić information content (AvgIpc) is 2.48. The van der Waals surface area contributed by atoms with Gasteiger partial charge in [0, 0.05) is 11.3 Å². The molecule has 3 nitrogen and oxygen atoms in total. The number of amides is 1. The standard InChI is InChI=1S/C10H16N2OS/c1-6(10(2,3)4)9-12-7(5-14-9)8(11)13/h5-6H,1-4H3,(H2,11,13)/t6-/m0/s1. The second kappa shape index (κ2) is 3.69. The Balaban J connectivity index is 2.92. The van der Waals surface area contributed by atoms with E-state index in [4.69, 9.17) is 5.73 Å². The molecule has 0 fully saturated rings. The zero-order chi connectivity index (χ0) is 10.9. The highest BCUT2D eigenvalue weighted by Gasteiger charge is 2.24. The number of carbonyl (C=O) groups excluding carboxylic acids is 1. The van der Waals surface area contributed by atoms with Gasteiger partial charge in [-0.15, -0.1) is 11.3 Å². The molecule has 1 aromatic rings. The first kappa shape index (κ1) is 11.2. The van der Waals surface area contributed by atoms with Crippen molar-refractivity contribution in [3.05, 3.63) is 16.1 Å². The quantitative estimate of drug-likeness (QED) is 0.818. The molecule has 0 aliphatic carbocycles. The summed E-state index contributed by atoms with van der Waals surface area (Å²) in [5.74, 6) is -0.116. The van der Waals surface area contributed by atoms with Gasteiger partial charge < -0.3 is 5.73 Å². The Hall–Kier alpha value is -0.900. The van der Waals surface area contributed by atoms with Crippen LogP contribution in [-0.4, -0.2) is 10.9 Å². The second-order valence-corrected chi connectivity index (χ2v) is 5.41. The third-order valence-electron chi connectivity index (χ3n) is 2.44. The molecule has 78 valence electrons. The molecule has 4 heteroatoms. The lowest BCUT2D eigenvalue weighted by Crippen LogP contribution is -2.16. The van der Waals surface area contributed by atoms with Crippen LogP contribution in [0.1, 0.15) is 49.1 Å². The van der Waals surface area contributed by atoms with Crippen molar-refractivity contribution >= 4 is 17.2 Å². The topological polar surface area (TPSA) is 56.0 Å². The van der Waals surface area contributed by atoms with Gasteiger partial charge in [-0.2, -0.15) is 0 Å². The Kier molecular flexibility index (Phi) is 2.95. The maximum atomic E-state index is 10.9. The molecule has 0 unspecified atom stereocenters. The summed E-state index contributed by atoms with van der Waals surface area (Å²) in [6.07, 6.45) is 0. The number of primary amides is 1. The van der Waals surface area contributed by atoms with Crippen LogP contribution in [0.3, 0.4) is 0 Å². The van der Waals surface area contributed by atoms with Crippen LogP contribution in [0.15, 0.2) is 5.38 Å². The SMILES string of the molecule is C[C@@H](c1nc(C(N)=O)cs1)C(C)(C)C. The molecule has 1 heterocycles. The minimum Gasteiger partial charge on any atom is -0.364 e. The largest absolute Gasteiger partial charge is 0.364 e. The van der Waals surface area contributed by atoms with Crippen LogP contribution >= 0.6 is 11.3 Å². The van der Waals surface area contributed by atoms with Gasteiger partial charge in [0.25, 0.3) is 5.91 Å². The first-order valence-corrected chi connectivity index (χ1v) is 5.45. The molecule has 0 aliphatic heterocycles. The molecule has 0 radical (unpaired) electrons. The molecule has 14 heavy (non-hydrogen) atoms. The van der Waals surface area contributed by atoms with Crippen molar-refractivity contribution in [3.8, 4) is 0 Å². The van der Waals surface area contributed by atoms with Crippen molar-refractivity contribution in [1.82, 2.24) is 4.98 Å². The smallest absolute Gasteiger partial charge is 0.268 e. The lowest BCUT2D eigenvalue weighted by Gasteiger charge is -2.25. The van der Waals surface area contributed by atoms with Crippen LogP contribution in [0.5, 0.6) is 0 Å². The van der Waals surface area contributed by atoms with Crippen LogP contribution in [0.2, 0.25) is 0 Å². The van der Waals surface area contributed by atoms with Gasteiger partial charge in [0.1, 0.15) is 5.69 Å². The Morgan fingerprint density at radius 2 is 2.14 bits per heavy atom. The summed E-state index contributed by atoms with van der Waals surface area (Å²) >= 11 is 1.50. The first-order valence-electron chi connectivity index (χ1n) is 4.57. The summed E-state index contributed by atoms with van der Waals surface area (Å²) in [4.78, 5) is 15.1. The molecule has 0 bridgehead atoms. The highest BCUT2D eigenvalue weighted by atomic mass is 32.1. The number of aromatic nitrogens is 1. The van der Waals surface area contributed by atoms with Gasteiger partial charge in [-0.1, -0.05) is 27.7 Å². The van der Waals surface area contributed by atoms with E-state index in [1.54, 1.807) is 5.38 Å². The highest BCUT2D eigenvalue weighted by molar-refractivity contribution is 7.09. The molecule has 1 aromatic heterocycles. The van der Waals surface area contributed by atoms with Crippen molar-refractivity contribution in [1.29, 1.82) is 0 Å². The molecule has 1 rings (SSSR count). The van der Waals surface area contributed by atoms with E-state index in [0.717, 1.165) is 5.01 Å². The number of nitrogens with zero attached hydrogens (tertiary/aromatic N) is 1. The summed E-state index contributed by atoms with van der Waals surface area (Å²) in [7, 11) is 0.